The fourth-order valence-electron chi connectivity index (χ4n) is 4.24. The predicted octanol–water partition coefficient (Wildman–Crippen LogP) is 1.27. The first kappa shape index (κ1) is 21.8. The minimum absolute atomic E-state index is 0.110. The average molecular weight is 440 g/mol. The summed E-state index contributed by atoms with van der Waals surface area (Å²) in [6.45, 7) is 1.55. The molecular weight excluding hydrogens is 415 g/mol. The molecule has 0 bridgehead atoms. The first-order valence-electron chi connectivity index (χ1n) is 10.4. The number of hydrogen-bond acceptors (Lipinski definition) is 4. The van der Waals surface area contributed by atoms with Crippen LogP contribution in [-0.2, 0) is 16.0 Å². The lowest BCUT2D eigenvalue weighted by molar-refractivity contribution is -0.131. The quantitative estimate of drug-likeness (QED) is 0.462. The number of aliphatic hydroxyl groups is 1. The third-order valence-corrected chi connectivity index (χ3v) is 6.16. The lowest BCUT2D eigenvalue weighted by atomic mass is 10.0. The van der Waals surface area contributed by atoms with E-state index in [1.807, 2.05) is 24.3 Å². The van der Waals surface area contributed by atoms with Gasteiger partial charge in [-0.3, -0.25) is 9.59 Å². The molecule has 8 nitrogen and oxygen atoms in total. The maximum absolute atomic E-state index is 14.4. The van der Waals surface area contributed by atoms with Gasteiger partial charge in [-0.15, -0.1) is 0 Å². The van der Waals surface area contributed by atoms with Crippen LogP contribution in [0.5, 0.6) is 0 Å². The Kier molecular flexibility index (Phi) is 5.60. The second-order valence-electron chi connectivity index (χ2n) is 8.42. The molecule has 2 aliphatic carbocycles. The second kappa shape index (κ2) is 8.23. The van der Waals surface area contributed by atoms with Gasteiger partial charge in [0.15, 0.2) is 6.10 Å². The second-order valence-corrected chi connectivity index (χ2v) is 8.42. The van der Waals surface area contributed by atoms with Gasteiger partial charge in [0.1, 0.15) is 11.4 Å². The van der Waals surface area contributed by atoms with Gasteiger partial charge >= 0.3 is 6.03 Å². The third-order valence-electron chi connectivity index (χ3n) is 6.16. The SMILES string of the molecule is Cc1cccc(C(O)C(=O)N[C@@H]2Cc3ccccc3[C@H]2NC(=O)C2(NC(N)=O)CC2)c1F. The Balaban J connectivity index is 1.53. The summed E-state index contributed by atoms with van der Waals surface area (Å²) < 4.78 is 14.4. The summed E-state index contributed by atoms with van der Waals surface area (Å²) in [7, 11) is 0. The van der Waals surface area contributed by atoms with Crippen LogP contribution < -0.4 is 21.7 Å². The van der Waals surface area contributed by atoms with E-state index in [0.717, 1.165) is 11.1 Å². The number of benzene rings is 2. The van der Waals surface area contributed by atoms with Crippen LogP contribution in [0.15, 0.2) is 42.5 Å². The van der Waals surface area contributed by atoms with Gasteiger partial charge in [-0.05, 0) is 42.9 Å². The zero-order chi connectivity index (χ0) is 23.0. The van der Waals surface area contributed by atoms with Gasteiger partial charge in [0.25, 0.3) is 5.91 Å². The number of nitrogens with one attached hydrogen (secondary N) is 3. The molecule has 0 spiro atoms. The molecule has 1 fully saturated rings. The molecule has 0 radical (unpaired) electrons. The third kappa shape index (κ3) is 4.03. The standard InChI is InChI=1S/C23H25FN4O4/c1-12-5-4-8-15(17(12)24)19(29)20(30)26-16-11-13-6-2-3-7-14(13)18(16)27-21(31)23(9-10-23)28-22(25)32/h2-8,16,18-19,29H,9-11H2,1H3,(H,26,30)(H,27,31)(H3,25,28,32)/t16-,18-,19?/m1/s1. The maximum Gasteiger partial charge on any atom is 0.313 e. The number of fused-ring (bicyclic) bond motifs is 1. The molecule has 9 heteroatoms. The molecule has 0 aromatic heterocycles. The molecule has 4 rings (SSSR count). The number of halogens is 1. The van der Waals surface area contributed by atoms with Crippen molar-refractivity contribution in [2.24, 2.45) is 5.73 Å². The van der Waals surface area contributed by atoms with Crippen molar-refractivity contribution in [3.8, 4) is 0 Å². The lowest BCUT2D eigenvalue weighted by Gasteiger charge is -2.26. The number of aliphatic hydroxyl groups excluding tert-OH is 1. The summed E-state index contributed by atoms with van der Waals surface area (Å²) in [4.78, 5) is 37.0. The largest absolute Gasteiger partial charge is 0.378 e. The molecule has 0 aliphatic heterocycles. The highest BCUT2D eigenvalue weighted by molar-refractivity contribution is 5.94. The Morgan fingerprint density at radius 3 is 2.53 bits per heavy atom. The first-order chi connectivity index (χ1) is 15.2. The van der Waals surface area contributed by atoms with Crippen molar-refractivity contribution in [1.82, 2.24) is 16.0 Å². The van der Waals surface area contributed by atoms with E-state index in [9.17, 15) is 23.9 Å². The summed E-state index contributed by atoms with van der Waals surface area (Å²) in [6, 6.07) is 10.00. The number of urea groups is 1. The van der Waals surface area contributed by atoms with Crippen molar-refractivity contribution in [2.75, 3.05) is 0 Å². The molecular formula is C23H25FN4O4. The number of carbonyl (C=O) groups is 3. The molecule has 6 N–H and O–H groups in total. The fraction of sp³-hybridized carbons (Fsp3) is 0.348. The highest BCUT2D eigenvalue weighted by Crippen LogP contribution is 2.38. The number of primary amides is 1. The normalized spacial score (nSPS) is 21.2. The van der Waals surface area contributed by atoms with Crippen molar-refractivity contribution in [3.05, 3.63) is 70.5 Å². The van der Waals surface area contributed by atoms with Crippen LogP contribution in [0.4, 0.5) is 9.18 Å². The monoisotopic (exact) mass is 440 g/mol. The number of rotatable bonds is 6. The molecule has 4 amide bonds. The zero-order valence-corrected chi connectivity index (χ0v) is 17.5. The van der Waals surface area contributed by atoms with Gasteiger partial charge in [0.2, 0.25) is 5.91 Å². The lowest BCUT2D eigenvalue weighted by Crippen LogP contribution is -2.54. The van der Waals surface area contributed by atoms with E-state index in [2.05, 4.69) is 16.0 Å². The first-order valence-corrected chi connectivity index (χ1v) is 10.4. The van der Waals surface area contributed by atoms with Crippen molar-refractivity contribution in [2.45, 2.75) is 49.9 Å². The van der Waals surface area contributed by atoms with Crippen molar-refractivity contribution in [1.29, 1.82) is 0 Å². The van der Waals surface area contributed by atoms with Crippen molar-refractivity contribution < 1.29 is 23.9 Å². The van der Waals surface area contributed by atoms with Crippen LogP contribution in [-0.4, -0.2) is 34.5 Å². The molecule has 3 atom stereocenters. The van der Waals surface area contributed by atoms with Crippen LogP contribution >= 0.6 is 0 Å². The Bertz CT molecular complexity index is 1090. The summed E-state index contributed by atoms with van der Waals surface area (Å²) in [5.74, 6) is -1.78. The number of carbonyl (C=O) groups excluding carboxylic acids is 3. The van der Waals surface area contributed by atoms with E-state index in [4.69, 9.17) is 5.73 Å². The summed E-state index contributed by atoms with van der Waals surface area (Å²) in [5.41, 5.74) is 6.14. The Morgan fingerprint density at radius 2 is 1.84 bits per heavy atom. The van der Waals surface area contributed by atoms with E-state index in [1.165, 1.54) is 6.07 Å². The van der Waals surface area contributed by atoms with E-state index < -0.39 is 41.5 Å². The van der Waals surface area contributed by atoms with Crippen LogP contribution in [0, 0.1) is 12.7 Å². The molecule has 1 unspecified atom stereocenters. The average Bonchev–Trinajstić information content (AvgIpc) is 3.45. The van der Waals surface area contributed by atoms with Gasteiger partial charge in [0, 0.05) is 5.56 Å². The maximum atomic E-state index is 14.4. The topological polar surface area (TPSA) is 134 Å². The highest BCUT2D eigenvalue weighted by Gasteiger charge is 2.52. The molecule has 32 heavy (non-hydrogen) atoms. The predicted molar refractivity (Wildman–Crippen MR) is 114 cm³/mol. The van der Waals surface area contributed by atoms with Crippen LogP contribution in [0.3, 0.4) is 0 Å². The van der Waals surface area contributed by atoms with E-state index in [1.54, 1.807) is 19.1 Å². The minimum atomic E-state index is -1.69. The van der Waals surface area contributed by atoms with Crippen LogP contribution in [0.2, 0.25) is 0 Å². The smallest absolute Gasteiger partial charge is 0.313 e. The number of hydrogen-bond donors (Lipinski definition) is 5. The van der Waals surface area contributed by atoms with Crippen LogP contribution in [0.1, 0.15) is 47.2 Å². The van der Waals surface area contributed by atoms with E-state index >= 15 is 0 Å². The number of nitrogens with two attached hydrogens (primary N) is 1. The van der Waals surface area contributed by atoms with Gasteiger partial charge < -0.3 is 26.8 Å². The molecule has 2 aliphatic rings. The fourth-order valence-corrected chi connectivity index (χ4v) is 4.24. The summed E-state index contributed by atoms with van der Waals surface area (Å²) in [6.07, 6.45) is -0.329. The van der Waals surface area contributed by atoms with Gasteiger partial charge in [0.05, 0.1) is 12.1 Å². The minimum Gasteiger partial charge on any atom is -0.378 e. The Labute approximate surface area is 184 Å². The van der Waals surface area contributed by atoms with E-state index in [0.29, 0.717) is 24.8 Å². The summed E-state index contributed by atoms with van der Waals surface area (Å²) in [5, 5.41) is 18.6. The Hall–Kier alpha value is -3.46. The molecule has 2 aromatic rings. The molecule has 0 heterocycles. The van der Waals surface area contributed by atoms with E-state index in [-0.39, 0.29) is 11.5 Å². The zero-order valence-electron chi connectivity index (χ0n) is 17.5. The molecule has 0 saturated heterocycles. The van der Waals surface area contributed by atoms with Crippen molar-refractivity contribution >= 4 is 17.8 Å². The summed E-state index contributed by atoms with van der Waals surface area (Å²) >= 11 is 0. The molecule has 2 aromatic carbocycles. The molecule has 168 valence electrons. The highest BCUT2D eigenvalue weighted by atomic mass is 19.1. The van der Waals surface area contributed by atoms with Crippen molar-refractivity contribution in [3.63, 3.8) is 0 Å². The Morgan fingerprint density at radius 1 is 1.12 bits per heavy atom. The van der Waals surface area contributed by atoms with Crippen LogP contribution in [0.25, 0.3) is 0 Å². The number of amides is 4. The number of aryl methyl sites for hydroxylation is 1. The van der Waals surface area contributed by atoms with Gasteiger partial charge in [-0.25, -0.2) is 9.18 Å². The van der Waals surface area contributed by atoms with Gasteiger partial charge in [-0.2, -0.15) is 0 Å². The molecule has 1 saturated carbocycles. The van der Waals surface area contributed by atoms with Gasteiger partial charge in [-0.1, -0.05) is 42.5 Å².